The number of carbonyl (C=O) groups is 1. The van der Waals surface area contributed by atoms with Crippen molar-refractivity contribution in [3.05, 3.63) is 15.3 Å². The molecule has 0 aliphatic carbocycles. The molecule has 0 atom stereocenters. The summed E-state index contributed by atoms with van der Waals surface area (Å²) in [5.41, 5.74) is 0. The van der Waals surface area contributed by atoms with Crippen molar-refractivity contribution in [3.8, 4) is 0 Å². The van der Waals surface area contributed by atoms with Crippen molar-refractivity contribution in [1.82, 2.24) is 0 Å². The zero-order chi connectivity index (χ0) is 7.15. The van der Waals surface area contributed by atoms with Crippen molar-refractivity contribution in [2.24, 2.45) is 0 Å². The molecule has 0 aromatic heterocycles. The third-order valence-electron chi connectivity index (χ3n) is 0. The van der Waals surface area contributed by atoms with Crippen molar-refractivity contribution in [2.75, 3.05) is 0 Å². The second kappa shape index (κ2) is 15.9. The van der Waals surface area contributed by atoms with Crippen molar-refractivity contribution in [2.45, 2.75) is 6.92 Å². The number of hydrogen-bond acceptors (Lipinski definition) is 5. The summed E-state index contributed by atoms with van der Waals surface area (Å²) in [6.45, 7) is 0.972. The van der Waals surface area contributed by atoms with Gasteiger partial charge in [0.05, 0.1) is 5.09 Å². The van der Waals surface area contributed by atoms with Gasteiger partial charge in [0.1, 0.15) is 0 Å². The summed E-state index contributed by atoms with van der Waals surface area (Å²) in [5, 5.41) is 23.6. The maximum absolute atomic E-state index is 8.89. The second-order valence-electron chi connectivity index (χ2n) is 0.715. The van der Waals surface area contributed by atoms with E-state index in [1.807, 2.05) is 0 Å². The van der Waals surface area contributed by atoms with Crippen LogP contribution in [0.2, 0.25) is 0 Å². The van der Waals surface area contributed by atoms with Crippen LogP contribution in [0.5, 0.6) is 0 Å². The first-order valence-corrected chi connectivity index (χ1v) is 1.46. The maximum Gasteiger partial charge on any atom is 1.00 e. The SMILES string of the molecule is CC(=O)[O-].O=[N+]([O-])[O-].[Li+].[Li+]. The third kappa shape index (κ3) is 20300. The molecule has 0 saturated heterocycles. The standard InChI is InChI=1S/C2H4O2.2Li.NO3/c1-2(3)4;;;2-1(3)4/h1H3,(H,3,4);;;/q;2*+1;-1/p-1. The number of rotatable bonds is 0. The summed E-state index contributed by atoms with van der Waals surface area (Å²) in [7, 11) is 0. The molecule has 0 bridgehead atoms. The number of carboxylic acids is 1. The molecule has 6 nitrogen and oxygen atoms in total. The van der Waals surface area contributed by atoms with Crippen LogP contribution in [0.4, 0.5) is 0 Å². The topological polar surface area (TPSA) is 106 Å². The van der Waals surface area contributed by atoms with Crippen molar-refractivity contribution in [1.29, 1.82) is 0 Å². The Morgan fingerprint density at radius 2 is 1.30 bits per heavy atom. The van der Waals surface area contributed by atoms with Crippen LogP contribution in [0.3, 0.4) is 0 Å². The predicted molar refractivity (Wildman–Crippen MR) is 21.0 cm³/mol. The van der Waals surface area contributed by atoms with Crippen LogP contribution in [0, 0.1) is 15.3 Å². The first-order chi connectivity index (χ1) is 3.46. The zero-order valence-electron chi connectivity index (χ0n) is 5.99. The predicted octanol–water partition coefficient (Wildman–Crippen LogP) is -7.47. The van der Waals surface area contributed by atoms with Gasteiger partial charge in [-0.3, -0.25) is 0 Å². The zero-order valence-corrected chi connectivity index (χ0v) is 5.99. The van der Waals surface area contributed by atoms with Crippen LogP contribution in [0.25, 0.3) is 0 Å². The van der Waals surface area contributed by atoms with E-state index in [0.717, 1.165) is 6.92 Å². The van der Waals surface area contributed by atoms with Gasteiger partial charge in [-0.25, -0.2) is 0 Å². The molecule has 0 aromatic rings. The van der Waals surface area contributed by atoms with Gasteiger partial charge < -0.3 is 25.2 Å². The smallest absolute Gasteiger partial charge is 0.550 e. The molecule has 0 amide bonds. The molecule has 0 rings (SSSR count). The molecule has 0 spiro atoms. The first kappa shape index (κ1) is 22.5. The van der Waals surface area contributed by atoms with E-state index in [0.29, 0.717) is 0 Å². The van der Waals surface area contributed by atoms with Crippen LogP contribution >= 0.6 is 0 Å². The second-order valence-corrected chi connectivity index (χ2v) is 0.715. The average molecular weight is 135 g/mol. The fourth-order valence-corrected chi connectivity index (χ4v) is 0. The molecule has 0 aromatic carbocycles. The number of aliphatic carboxylic acids is 1. The van der Waals surface area contributed by atoms with Gasteiger partial charge in [-0.1, -0.05) is 0 Å². The molecule has 0 aliphatic rings. The van der Waals surface area contributed by atoms with Crippen molar-refractivity contribution in [3.63, 3.8) is 0 Å². The van der Waals surface area contributed by atoms with Gasteiger partial charge in [-0.2, -0.15) is 0 Å². The van der Waals surface area contributed by atoms with Gasteiger partial charge in [0, 0.05) is 5.97 Å². The molecule has 0 unspecified atom stereocenters. The normalized spacial score (nSPS) is 4.90. The van der Waals surface area contributed by atoms with Crippen LogP contribution in [-0.2, 0) is 4.79 Å². The summed E-state index contributed by atoms with van der Waals surface area (Å²) >= 11 is 0. The van der Waals surface area contributed by atoms with Crippen molar-refractivity contribution >= 4 is 5.97 Å². The third-order valence-corrected chi connectivity index (χ3v) is 0. The Bertz CT molecular complexity index is 75.6. The molecule has 0 saturated carbocycles. The molecule has 0 aliphatic heterocycles. The Morgan fingerprint density at radius 3 is 1.30 bits per heavy atom. The van der Waals surface area contributed by atoms with Gasteiger partial charge >= 0.3 is 37.7 Å². The Hall–Kier alpha value is -0.135. The van der Waals surface area contributed by atoms with Crippen molar-refractivity contribution < 1.29 is 52.7 Å². The monoisotopic (exact) mass is 135 g/mol. The fourth-order valence-electron chi connectivity index (χ4n) is 0. The minimum Gasteiger partial charge on any atom is -0.550 e. The average Bonchev–Trinajstić information content (AvgIpc) is 1.25. The van der Waals surface area contributed by atoms with Crippen LogP contribution in [0.15, 0.2) is 0 Å². The molecule has 48 valence electrons. The molecular weight excluding hydrogens is 132 g/mol. The van der Waals surface area contributed by atoms with Crippen LogP contribution in [-0.4, -0.2) is 11.1 Å². The fraction of sp³-hybridized carbons (Fsp3) is 0.500. The molecule has 0 heterocycles. The summed E-state index contributed by atoms with van der Waals surface area (Å²) in [6, 6.07) is 0. The number of nitrogens with zero attached hydrogens (tertiary/aromatic N) is 1. The molecule has 8 heteroatoms. The molecular formula is C2H3Li2NO5. The van der Waals surface area contributed by atoms with E-state index in [1.54, 1.807) is 0 Å². The Balaban J connectivity index is -0.0000000300. The van der Waals surface area contributed by atoms with Gasteiger partial charge in [-0.05, 0) is 6.92 Å². The summed E-state index contributed by atoms with van der Waals surface area (Å²) < 4.78 is 0. The van der Waals surface area contributed by atoms with E-state index in [2.05, 4.69) is 0 Å². The molecule has 0 fully saturated rings. The van der Waals surface area contributed by atoms with E-state index in [1.165, 1.54) is 0 Å². The minimum absolute atomic E-state index is 0. The van der Waals surface area contributed by atoms with Gasteiger partial charge in [0.15, 0.2) is 0 Å². The quantitative estimate of drug-likeness (QED) is 0.186. The Morgan fingerprint density at radius 1 is 1.30 bits per heavy atom. The summed E-state index contributed by atoms with van der Waals surface area (Å²) in [6.07, 6.45) is 0. The number of carbonyl (C=O) groups excluding carboxylic acids is 1. The van der Waals surface area contributed by atoms with Gasteiger partial charge in [-0.15, -0.1) is 0 Å². The van der Waals surface area contributed by atoms with E-state index < -0.39 is 11.1 Å². The van der Waals surface area contributed by atoms with E-state index in [9.17, 15) is 0 Å². The Kier molecular flexibility index (Phi) is 35.9. The van der Waals surface area contributed by atoms with E-state index >= 15 is 0 Å². The first-order valence-electron chi connectivity index (χ1n) is 1.46. The van der Waals surface area contributed by atoms with Gasteiger partial charge in [0.2, 0.25) is 0 Å². The number of hydrogen-bond donors (Lipinski definition) is 0. The van der Waals surface area contributed by atoms with E-state index in [-0.39, 0.29) is 37.7 Å². The molecule has 0 N–H and O–H groups in total. The van der Waals surface area contributed by atoms with Crippen LogP contribution in [0.1, 0.15) is 6.92 Å². The number of carboxylic acid groups (broad SMARTS) is 1. The maximum atomic E-state index is 8.89. The molecule has 0 radical (unpaired) electrons. The minimum atomic E-state index is -1.75. The summed E-state index contributed by atoms with van der Waals surface area (Å²) in [4.78, 5) is 17.1. The molecule has 10 heavy (non-hydrogen) atoms. The van der Waals surface area contributed by atoms with Gasteiger partial charge in [0.25, 0.3) is 0 Å². The van der Waals surface area contributed by atoms with Crippen LogP contribution < -0.4 is 42.8 Å². The van der Waals surface area contributed by atoms with E-state index in [4.69, 9.17) is 25.2 Å². The summed E-state index contributed by atoms with van der Waals surface area (Å²) in [5.74, 6) is -1.08. The largest absolute Gasteiger partial charge is 1.00 e. The Labute approximate surface area is 81.1 Å².